The minimum Gasteiger partial charge on any atom is -0.476 e. The Kier molecular flexibility index (Phi) is 8.91. The highest BCUT2D eigenvalue weighted by atomic mass is 32.2. The molecule has 7 nitrogen and oxygen atoms in total. The van der Waals surface area contributed by atoms with Gasteiger partial charge in [0.05, 0.1) is 18.3 Å². The van der Waals surface area contributed by atoms with Crippen LogP contribution < -0.4 is 0 Å². The number of rotatable bonds is 12. The highest BCUT2D eigenvalue weighted by Crippen LogP contribution is 2.26. The third kappa shape index (κ3) is 7.27. The van der Waals surface area contributed by atoms with Gasteiger partial charge in [-0.05, 0) is 39.5 Å². The van der Waals surface area contributed by atoms with Crippen molar-refractivity contribution in [2.45, 2.75) is 61.6 Å². The molecule has 0 spiro atoms. The van der Waals surface area contributed by atoms with E-state index in [1.54, 1.807) is 11.8 Å². The van der Waals surface area contributed by atoms with Gasteiger partial charge in [-0.2, -0.15) is 0 Å². The summed E-state index contributed by atoms with van der Waals surface area (Å²) in [4.78, 5) is 28.7. The predicted molar refractivity (Wildman–Crippen MR) is 110 cm³/mol. The van der Waals surface area contributed by atoms with E-state index in [-0.39, 0.29) is 24.5 Å². The normalized spacial score (nSPS) is 21.5. The highest BCUT2D eigenvalue weighted by molar-refractivity contribution is 8.01. The van der Waals surface area contributed by atoms with Crippen LogP contribution >= 0.6 is 23.1 Å². The number of unbranched alkanes of at least 4 members (excludes halogenated alkanes) is 1. The van der Waals surface area contributed by atoms with E-state index in [1.807, 2.05) is 19.1 Å². The maximum atomic E-state index is 12.2. The van der Waals surface area contributed by atoms with Crippen LogP contribution in [0.5, 0.6) is 0 Å². The highest BCUT2D eigenvalue weighted by Gasteiger charge is 2.37. The first-order chi connectivity index (χ1) is 13.7. The molecule has 3 atom stereocenters. The molecule has 2 heterocycles. The summed E-state index contributed by atoms with van der Waals surface area (Å²) in [5, 5.41) is 20.8. The van der Waals surface area contributed by atoms with Gasteiger partial charge in [0, 0.05) is 17.7 Å². The number of carboxylic acids is 1. The second-order valence-electron chi connectivity index (χ2n) is 7.20. The zero-order valence-electron chi connectivity index (χ0n) is 16.5. The fourth-order valence-electron chi connectivity index (χ4n) is 2.99. The predicted octanol–water partition coefficient (Wildman–Crippen LogP) is 3.98. The number of carbonyl (C=O) groups excluding carboxylic acids is 1. The number of aliphatic hydroxyl groups is 1. The molecule has 29 heavy (non-hydrogen) atoms. The number of thiazole rings is 1. The second kappa shape index (κ2) is 10.9. The van der Waals surface area contributed by atoms with Crippen molar-refractivity contribution in [3.05, 3.63) is 23.2 Å². The van der Waals surface area contributed by atoms with Gasteiger partial charge in [0.15, 0.2) is 10.0 Å². The van der Waals surface area contributed by atoms with E-state index < -0.39 is 17.7 Å². The average molecular weight is 447 g/mol. The molecule has 0 aliphatic carbocycles. The van der Waals surface area contributed by atoms with Crippen LogP contribution in [0, 0.1) is 0 Å². The molecule has 2 N–H and O–H groups in total. The van der Waals surface area contributed by atoms with Crippen molar-refractivity contribution in [2.24, 2.45) is 0 Å². The number of aromatic carboxylic acids is 1. The largest absolute Gasteiger partial charge is 0.476 e. The standard InChI is InChI=1S/C19H27FN2O5S2/c1-13-15(6-5-8-19(2,26)7-3-4-9-20)22(18(25)27-13)10-11-28-17-21-14(12-29-17)16(23)24/h5-6,12-13,15,26H,3-4,7-11H2,1-2H3,(H,23,24)/t13-,15-,19?/m0/s1. The zero-order chi connectivity index (χ0) is 21.4. The molecule has 1 aromatic heterocycles. The molecule has 1 fully saturated rings. The first-order valence-electron chi connectivity index (χ1n) is 9.47. The number of alkyl halides is 1. The number of carbonyl (C=O) groups is 2. The number of thioether (sulfide) groups is 1. The van der Waals surface area contributed by atoms with Gasteiger partial charge < -0.3 is 14.9 Å². The molecule has 0 radical (unpaired) electrons. The summed E-state index contributed by atoms with van der Waals surface area (Å²) >= 11 is 2.65. The molecule has 0 bridgehead atoms. The molecule has 10 heteroatoms. The van der Waals surface area contributed by atoms with Crippen LogP contribution in [0.25, 0.3) is 0 Å². The molecular formula is C19H27FN2O5S2. The minimum absolute atomic E-state index is 0.0195. The smallest absolute Gasteiger partial charge is 0.410 e. The van der Waals surface area contributed by atoms with Gasteiger partial charge in [0.25, 0.3) is 0 Å². The Balaban J connectivity index is 1.87. The third-order valence-corrected chi connectivity index (χ3v) is 6.61. The van der Waals surface area contributed by atoms with Crippen LogP contribution in [0.2, 0.25) is 0 Å². The van der Waals surface area contributed by atoms with E-state index in [9.17, 15) is 19.1 Å². The van der Waals surface area contributed by atoms with Crippen molar-refractivity contribution >= 4 is 35.2 Å². The molecule has 1 aromatic rings. The number of ether oxygens (including phenoxy) is 1. The quantitative estimate of drug-likeness (QED) is 0.285. The first kappa shape index (κ1) is 23.6. The van der Waals surface area contributed by atoms with E-state index in [0.717, 1.165) is 0 Å². The lowest BCUT2D eigenvalue weighted by molar-refractivity contribution is 0.0507. The fourth-order valence-corrected chi connectivity index (χ4v) is 4.80. The number of amides is 1. The summed E-state index contributed by atoms with van der Waals surface area (Å²) in [5.74, 6) is -0.504. The second-order valence-corrected chi connectivity index (χ2v) is 9.40. The van der Waals surface area contributed by atoms with E-state index in [4.69, 9.17) is 9.84 Å². The Hall–Kier alpha value is -1.65. The Morgan fingerprint density at radius 3 is 2.93 bits per heavy atom. The van der Waals surface area contributed by atoms with Gasteiger partial charge in [-0.1, -0.05) is 23.9 Å². The van der Waals surface area contributed by atoms with Crippen molar-refractivity contribution in [1.29, 1.82) is 0 Å². The SMILES string of the molecule is C[C@@H]1OC(=O)N(CCSc2nc(C(=O)O)cs2)[C@H]1C=CCC(C)(O)CCCCF. The third-order valence-electron chi connectivity index (χ3n) is 4.61. The van der Waals surface area contributed by atoms with Gasteiger partial charge in [-0.15, -0.1) is 11.3 Å². The van der Waals surface area contributed by atoms with Gasteiger partial charge in [-0.3, -0.25) is 9.29 Å². The molecule has 1 aliphatic heterocycles. The van der Waals surface area contributed by atoms with Gasteiger partial charge in [0.1, 0.15) is 6.10 Å². The summed E-state index contributed by atoms with van der Waals surface area (Å²) in [6.45, 7) is 3.59. The van der Waals surface area contributed by atoms with Crippen molar-refractivity contribution in [1.82, 2.24) is 9.88 Å². The van der Waals surface area contributed by atoms with Crippen molar-refractivity contribution in [3.63, 3.8) is 0 Å². The maximum absolute atomic E-state index is 12.2. The molecule has 1 aliphatic rings. The molecule has 1 unspecified atom stereocenters. The van der Waals surface area contributed by atoms with Crippen LogP contribution in [0.1, 0.15) is 50.0 Å². The first-order valence-corrected chi connectivity index (χ1v) is 11.3. The minimum atomic E-state index is -1.06. The molecule has 0 aromatic carbocycles. The van der Waals surface area contributed by atoms with Crippen molar-refractivity contribution in [3.8, 4) is 0 Å². The maximum Gasteiger partial charge on any atom is 0.410 e. The summed E-state index contributed by atoms with van der Waals surface area (Å²) < 4.78 is 18.2. The van der Waals surface area contributed by atoms with E-state index >= 15 is 0 Å². The lowest BCUT2D eigenvalue weighted by atomic mass is 9.94. The molecule has 0 saturated carbocycles. The summed E-state index contributed by atoms with van der Waals surface area (Å²) in [7, 11) is 0. The lowest BCUT2D eigenvalue weighted by Crippen LogP contribution is -2.36. The van der Waals surface area contributed by atoms with Crippen molar-refractivity contribution < 1.29 is 28.9 Å². The molecule has 2 rings (SSSR count). The topological polar surface area (TPSA) is 100.0 Å². The molecule has 1 amide bonds. The molecule has 162 valence electrons. The van der Waals surface area contributed by atoms with E-state index in [1.165, 1.54) is 28.5 Å². The van der Waals surface area contributed by atoms with E-state index in [2.05, 4.69) is 4.98 Å². The number of hydrogen-bond acceptors (Lipinski definition) is 7. The number of halogens is 1. The van der Waals surface area contributed by atoms with Crippen molar-refractivity contribution in [2.75, 3.05) is 19.0 Å². The average Bonchev–Trinajstić information content (AvgIpc) is 3.21. The summed E-state index contributed by atoms with van der Waals surface area (Å²) in [6, 6.07) is -0.240. The molecule has 1 saturated heterocycles. The van der Waals surface area contributed by atoms with Crippen LogP contribution in [-0.4, -0.2) is 68.9 Å². The number of aromatic nitrogens is 1. The number of carboxylic acid groups (broad SMARTS) is 1. The number of cyclic esters (lactones) is 1. The van der Waals surface area contributed by atoms with Crippen LogP contribution in [0.4, 0.5) is 9.18 Å². The van der Waals surface area contributed by atoms with Gasteiger partial charge >= 0.3 is 12.1 Å². The Morgan fingerprint density at radius 1 is 1.52 bits per heavy atom. The molecular weight excluding hydrogens is 419 g/mol. The Labute approximate surface area is 178 Å². The Morgan fingerprint density at radius 2 is 2.28 bits per heavy atom. The van der Waals surface area contributed by atoms with Crippen LogP contribution in [0.15, 0.2) is 21.9 Å². The Bertz CT molecular complexity index is 725. The van der Waals surface area contributed by atoms with Crippen LogP contribution in [-0.2, 0) is 4.74 Å². The lowest BCUT2D eigenvalue weighted by Gasteiger charge is -2.23. The summed E-state index contributed by atoms with van der Waals surface area (Å²) in [5.41, 5.74) is -0.891. The monoisotopic (exact) mass is 446 g/mol. The number of hydrogen-bond donors (Lipinski definition) is 2. The summed E-state index contributed by atoms with van der Waals surface area (Å²) in [6.07, 6.45) is 5.02. The zero-order valence-corrected chi connectivity index (χ0v) is 18.2. The van der Waals surface area contributed by atoms with Crippen LogP contribution in [0.3, 0.4) is 0 Å². The van der Waals surface area contributed by atoms with Gasteiger partial charge in [-0.25, -0.2) is 14.6 Å². The van der Waals surface area contributed by atoms with Gasteiger partial charge in [0.2, 0.25) is 0 Å². The number of nitrogens with zero attached hydrogens (tertiary/aromatic N) is 2. The van der Waals surface area contributed by atoms with E-state index in [0.29, 0.717) is 42.3 Å². The fraction of sp³-hybridized carbons (Fsp3) is 0.632.